The summed E-state index contributed by atoms with van der Waals surface area (Å²) in [7, 11) is -3.70. The molecule has 0 saturated heterocycles. The summed E-state index contributed by atoms with van der Waals surface area (Å²) in [6.45, 7) is 2.43. The summed E-state index contributed by atoms with van der Waals surface area (Å²) in [4.78, 5) is 13.0. The van der Waals surface area contributed by atoms with Gasteiger partial charge in [-0.25, -0.2) is 8.42 Å². The Morgan fingerprint density at radius 2 is 1.72 bits per heavy atom. The first-order valence-corrected chi connectivity index (χ1v) is 12.2. The van der Waals surface area contributed by atoms with Crippen molar-refractivity contribution in [2.24, 2.45) is 11.8 Å². The van der Waals surface area contributed by atoms with E-state index in [2.05, 4.69) is 10.8 Å². The number of benzene rings is 2. The van der Waals surface area contributed by atoms with Crippen molar-refractivity contribution in [3.8, 4) is 6.07 Å². The van der Waals surface area contributed by atoms with Gasteiger partial charge in [0.05, 0.1) is 17.4 Å². The first-order chi connectivity index (χ1) is 15.3. The number of hydrogen-bond acceptors (Lipinski definition) is 4. The van der Waals surface area contributed by atoms with Crippen LogP contribution in [0.1, 0.15) is 28.8 Å². The standard InChI is InChI=1S/C25H25N3O3S/c1-18-7-12-24(27-32(30,31)17-21-5-3-2-4-6-21)25(29)28(18)16-23-14-22(23)13-19-8-10-20(15-26)11-9-19/h2-12,22-23,27H,13-14,16-17H2,1H3/t22-,23?/m0/s1. The van der Waals surface area contributed by atoms with Crippen LogP contribution in [0.4, 0.5) is 5.69 Å². The van der Waals surface area contributed by atoms with Crippen molar-refractivity contribution in [2.75, 3.05) is 4.72 Å². The molecule has 0 bridgehead atoms. The average molecular weight is 448 g/mol. The van der Waals surface area contributed by atoms with Crippen molar-refractivity contribution in [3.63, 3.8) is 0 Å². The fourth-order valence-corrected chi connectivity index (χ4v) is 5.20. The predicted octanol–water partition coefficient (Wildman–Crippen LogP) is 3.85. The third-order valence-electron chi connectivity index (χ3n) is 5.92. The number of hydrogen-bond donors (Lipinski definition) is 1. The molecule has 7 heteroatoms. The van der Waals surface area contributed by atoms with Crippen molar-refractivity contribution in [1.82, 2.24) is 4.57 Å². The topological polar surface area (TPSA) is 92.0 Å². The van der Waals surface area contributed by atoms with Crippen LogP contribution in [0.2, 0.25) is 0 Å². The maximum Gasteiger partial charge on any atom is 0.275 e. The van der Waals surface area contributed by atoms with E-state index in [1.165, 1.54) is 11.6 Å². The van der Waals surface area contributed by atoms with Gasteiger partial charge in [0, 0.05) is 12.2 Å². The highest BCUT2D eigenvalue weighted by molar-refractivity contribution is 7.91. The largest absolute Gasteiger partial charge is 0.311 e. The van der Waals surface area contributed by atoms with Gasteiger partial charge in [-0.05, 0) is 67.0 Å². The smallest absolute Gasteiger partial charge is 0.275 e. The van der Waals surface area contributed by atoms with E-state index in [1.54, 1.807) is 34.9 Å². The zero-order valence-electron chi connectivity index (χ0n) is 17.9. The van der Waals surface area contributed by atoms with E-state index in [9.17, 15) is 13.2 Å². The van der Waals surface area contributed by atoms with Crippen molar-refractivity contribution in [2.45, 2.75) is 32.1 Å². The molecule has 1 unspecified atom stereocenters. The number of anilines is 1. The highest BCUT2D eigenvalue weighted by atomic mass is 32.2. The molecule has 0 spiro atoms. The second-order valence-corrected chi connectivity index (χ2v) is 10.1. The third kappa shape index (κ3) is 5.27. The van der Waals surface area contributed by atoms with E-state index in [0.717, 1.165) is 18.5 Å². The quantitative estimate of drug-likeness (QED) is 0.568. The molecule has 3 aromatic rings. The lowest BCUT2D eigenvalue weighted by Gasteiger charge is -2.13. The number of aryl methyl sites for hydroxylation is 1. The molecule has 164 valence electrons. The highest BCUT2D eigenvalue weighted by Gasteiger charge is 2.37. The monoisotopic (exact) mass is 447 g/mol. The molecule has 2 atom stereocenters. The van der Waals surface area contributed by atoms with E-state index < -0.39 is 10.0 Å². The van der Waals surface area contributed by atoms with Gasteiger partial charge in [-0.3, -0.25) is 9.52 Å². The second-order valence-electron chi connectivity index (χ2n) is 8.42. The van der Waals surface area contributed by atoms with Gasteiger partial charge in [0.1, 0.15) is 5.69 Å². The van der Waals surface area contributed by atoms with Gasteiger partial charge in [0.15, 0.2) is 0 Å². The van der Waals surface area contributed by atoms with Gasteiger partial charge in [-0.15, -0.1) is 0 Å². The molecule has 0 radical (unpaired) electrons. The molecule has 1 aromatic heterocycles. The molecule has 2 aromatic carbocycles. The zero-order valence-corrected chi connectivity index (χ0v) is 18.7. The van der Waals surface area contributed by atoms with E-state index in [-0.39, 0.29) is 17.0 Å². The number of nitriles is 1. The highest BCUT2D eigenvalue weighted by Crippen LogP contribution is 2.42. The molecule has 6 nitrogen and oxygen atoms in total. The van der Waals surface area contributed by atoms with Gasteiger partial charge >= 0.3 is 0 Å². The summed E-state index contributed by atoms with van der Waals surface area (Å²) < 4.78 is 29.3. The van der Waals surface area contributed by atoms with E-state index >= 15 is 0 Å². The molecular formula is C25H25N3O3S. The van der Waals surface area contributed by atoms with Crippen LogP contribution in [0.25, 0.3) is 0 Å². The minimum Gasteiger partial charge on any atom is -0.311 e. The maximum absolute atomic E-state index is 13.0. The predicted molar refractivity (Wildman–Crippen MR) is 125 cm³/mol. The van der Waals surface area contributed by atoms with Crippen LogP contribution < -0.4 is 10.3 Å². The zero-order chi connectivity index (χ0) is 22.7. The summed E-state index contributed by atoms with van der Waals surface area (Å²) in [5.74, 6) is 0.669. The van der Waals surface area contributed by atoms with E-state index in [1.807, 2.05) is 37.3 Å². The SMILES string of the molecule is Cc1ccc(NS(=O)(=O)Cc2ccccc2)c(=O)n1CC1C[C@@H]1Cc1ccc(C#N)cc1. The van der Waals surface area contributed by atoms with Crippen molar-refractivity contribution in [1.29, 1.82) is 5.26 Å². The van der Waals surface area contributed by atoms with Crippen LogP contribution in [0, 0.1) is 30.1 Å². The van der Waals surface area contributed by atoms with Gasteiger partial charge in [0.25, 0.3) is 5.56 Å². The number of nitrogens with zero attached hydrogens (tertiary/aromatic N) is 2. The van der Waals surface area contributed by atoms with Gasteiger partial charge < -0.3 is 4.57 Å². The number of aromatic nitrogens is 1. The maximum atomic E-state index is 13.0. The summed E-state index contributed by atoms with van der Waals surface area (Å²) in [5.41, 5.74) is 3.07. The van der Waals surface area contributed by atoms with Crippen molar-refractivity contribution in [3.05, 3.63) is 99.5 Å². The molecule has 1 saturated carbocycles. The number of nitrogens with one attached hydrogen (secondary N) is 1. The average Bonchev–Trinajstić information content (AvgIpc) is 3.51. The van der Waals surface area contributed by atoms with Gasteiger partial charge in [-0.1, -0.05) is 42.5 Å². The van der Waals surface area contributed by atoms with Crippen molar-refractivity contribution < 1.29 is 8.42 Å². The Morgan fingerprint density at radius 3 is 2.41 bits per heavy atom. The molecular weight excluding hydrogens is 422 g/mol. The Labute approximate surface area is 188 Å². The lowest BCUT2D eigenvalue weighted by molar-refractivity contribution is 0.552. The molecule has 1 heterocycles. The second kappa shape index (κ2) is 9.01. The molecule has 1 fully saturated rings. The fraction of sp³-hybridized carbons (Fsp3) is 0.280. The van der Waals surface area contributed by atoms with Crippen LogP contribution in [-0.2, 0) is 28.7 Å². The Kier molecular flexibility index (Phi) is 6.15. The van der Waals surface area contributed by atoms with Crippen molar-refractivity contribution >= 4 is 15.7 Å². The number of pyridine rings is 1. The third-order valence-corrected chi connectivity index (χ3v) is 7.17. The normalized spacial score (nSPS) is 17.5. The van der Waals surface area contributed by atoms with Crippen LogP contribution in [-0.4, -0.2) is 13.0 Å². The molecule has 1 N–H and O–H groups in total. The van der Waals surface area contributed by atoms with Crippen LogP contribution in [0.3, 0.4) is 0 Å². The van der Waals surface area contributed by atoms with Gasteiger partial charge in [-0.2, -0.15) is 5.26 Å². The lowest BCUT2D eigenvalue weighted by atomic mass is 10.1. The Hall–Kier alpha value is -3.37. The van der Waals surface area contributed by atoms with Crippen LogP contribution in [0.5, 0.6) is 0 Å². The Morgan fingerprint density at radius 1 is 1.00 bits per heavy atom. The summed E-state index contributed by atoms with van der Waals surface area (Å²) >= 11 is 0. The molecule has 1 aliphatic rings. The lowest BCUT2D eigenvalue weighted by Crippen LogP contribution is -2.28. The molecule has 32 heavy (non-hydrogen) atoms. The number of sulfonamides is 1. The molecule has 0 amide bonds. The van der Waals surface area contributed by atoms with Gasteiger partial charge in [0.2, 0.25) is 10.0 Å². The van der Waals surface area contributed by atoms with Crippen LogP contribution >= 0.6 is 0 Å². The Bertz CT molecular complexity index is 1310. The first-order valence-electron chi connectivity index (χ1n) is 10.6. The first kappa shape index (κ1) is 21.8. The number of rotatable bonds is 8. The van der Waals surface area contributed by atoms with E-state index in [4.69, 9.17) is 5.26 Å². The van der Waals surface area contributed by atoms with Crippen LogP contribution in [0.15, 0.2) is 71.5 Å². The summed E-state index contributed by atoms with van der Waals surface area (Å²) in [5, 5.41) is 8.92. The molecule has 1 aliphatic carbocycles. The molecule has 0 aliphatic heterocycles. The summed E-state index contributed by atoms with van der Waals surface area (Å²) in [6, 6.07) is 21.9. The Balaban J connectivity index is 1.43. The minimum absolute atomic E-state index is 0.0795. The molecule has 4 rings (SSSR count). The summed E-state index contributed by atoms with van der Waals surface area (Å²) in [6.07, 6.45) is 1.93. The minimum atomic E-state index is -3.70. The fourth-order valence-electron chi connectivity index (χ4n) is 4.01. The van der Waals surface area contributed by atoms with E-state index in [0.29, 0.717) is 29.5 Å².